The number of nitrogens with zero attached hydrogens (tertiary/aromatic N) is 1. The van der Waals surface area contributed by atoms with Crippen molar-refractivity contribution in [1.82, 2.24) is 10.3 Å². The summed E-state index contributed by atoms with van der Waals surface area (Å²) in [5.41, 5.74) is 0.307. The highest BCUT2D eigenvalue weighted by atomic mass is 35.5. The van der Waals surface area contributed by atoms with Crippen LogP contribution in [-0.2, 0) is 9.53 Å². The summed E-state index contributed by atoms with van der Waals surface area (Å²) in [5.74, 6) is -0.442. The third-order valence-corrected chi connectivity index (χ3v) is 2.73. The van der Waals surface area contributed by atoms with Crippen molar-refractivity contribution in [3.05, 3.63) is 29.0 Å². The summed E-state index contributed by atoms with van der Waals surface area (Å²) in [6.07, 6.45) is 2.85. The molecule has 0 aliphatic rings. The molecule has 1 heterocycles. The van der Waals surface area contributed by atoms with Crippen molar-refractivity contribution in [2.45, 2.75) is 25.7 Å². The second kappa shape index (κ2) is 8.48. The van der Waals surface area contributed by atoms with Gasteiger partial charge in [-0.2, -0.15) is 0 Å². The molecule has 1 aromatic heterocycles. The molecule has 0 saturated carbocycles. The van der Waals surface area contributed by atoms with Crippen LogP contribution in [0.25, 0.3) is 0 Å². The number of esters is 1. The lowest BCUT2D eigenvalue weighted by molar-refractivity contribution is -0.140. The molecular formula is C13H17ClN2O3. The first kappa shape index (κ1) is 15.4. The maximum absolute atomic E-state index is 11.7. The number of unbranched alkanes of at least 4 members (excludes halogenated alkanes) is 2. The molecule has 0 aliphatic heterocycles. The fourth-order valence-electron chi connectivity index (χ4n) is 1.50. The highest BCUT2D eigenvalue weighted by molar-refractivity contribution is 6.29. The maximum Gasteiger partial charge on any atom is 0.305 e. The third-order valence-electron chi connectivity index (χ3n) is 2.52. The van der Waals surface area contributed by atoms with Crippen molar-refractivity contribution in [3.63, 3.8) is 0 Å². The van der Waals surface area contributed by atoms with E-state index in [1.54, 1.807) is 18.2 Å². The lowest BCUT2D eigenvalue weighted by atomic mass is 10.2. The average Bonchev–Trinajstić information content (AvgIpc) is 2.42. The SMILES string of the molecule is COC(=O)CCCCCNC(=O)c1cccc(Cl)n1. The minimum absolute atomic E-state index is 0.202. The van der Waals surface area contributed by atoms with Crippen LogP contribution in [0.5, 0.6) is 0 Å². The molecule has 0 aromatic carbocycles. The van der Waals surface area contributed by atoms with Gasteiger partial charge in [-0.25, -0.2) is 4.98 Å². The highest BCUT2D eigenvalue weighted by Crippen LogP contribution is 2.05. The van der Waals surface area contributed by atoms with E-state index < -0.39 is 0 Å². The predicted molar refractivity (Wildman–Crippen MR) is 72.1 cm³/mol. The Morgan fingerprint density at radius 2 is 2.11 bits per heavy atom. The molecule has 5 nitrogen and oxygen atoms in total. The van der Waals surface area contributed by atoms with E-state index >= 15 is 0 Å². The lowest BCUT2D eigenvalue weighted by Crippen LogP contribution is -2.25. The number of hydrogen-bond donors (Lipinski definition) is 1. The summed E-state index contributed by atoms with van der Waals surface area (Å²) in [7, 11) is 1.38. The summed E-state index contributed by atoms with van der Waals surface area (Å²) in [5, 5.41) is 3.05. The molecule has 1 rings (SSSR count). The maximum atomic E-state index is 11.7. The van der Waals surface area contributed by atoms with Gasteiger partial charge in [0, 0.05) is 13.0 Å². The van der Waals surface area contributed by atoms with Crippen molar-refractivity contribution < 1.29 is 14.3 Å². The number of hydrogen-bond acceptors (Lipinski definition) is 4. The van der Waals surface area contributed by atoms with Gasteiger partial charge < -0.3 is 10.1 Å². The summed E-state index contributed by atoms with van der Waals surface area (Å²) in [4.78, 5) is 26.4. The first-order chi connectivity index (χ1) is 9.13. The van der Waals surface area contributed by atoms with Crippen LogP contribution in [0.1, 0.15) is 36.2 Å². The number of halogens is 1. The summed E-state index contributed by atoms with van der Waals surface area (Å²) >= 11 is 5.70. The molecule has 0 aliphatic carbocycles. The zero-order valence-electron chi connectivity index (χ0n) is 10.8. The Bertz CT molecular complexity index is 438. The van der Waals surface area contributed by atoms with Gasteiger partial charge >= 0.3 is 5.97 Å². The molecule has 0 atom stereocenters. The van der Waals surface area contributed by atoms with Gasteiger partial charge in [0.2, 0.25) is 0 Å². The van der Waals surface area contributed by atoms with E-state index in [9.17, 15) is 9.59 Å². The van der Waals surface area contributed by atoms with E-state index in [1.807, 2.05) is 0 Å². The Morgan fingerprint density at radius 1 is 1.32 bits per heavy atom. The average molecular weight is 285 g/mol. The van der Waals surface area contributed by atoms with Crippen molar-refractivity contribution in [2.75, 3.05) is 13.7 Å². The van der Waals surface area contributed by atoms with Crippen LogP contribution in [0.2, 0.25) is 5.15 Å². The van der Waals surface area contributed by atoms with E-state index in [0.29, 0.717) is 23.8 Å². The Kier molecular flexibility index (Phi) is 6.89. The van der Waals surface area contributed by atoms with E-state index in [0.717, 1.165) is 19.3 Å². The van der Waals surface area contributed by atoms with Gasteiger partial charge in [0.25, 0.3) is 5.91 Å². The molecule has 104 valence electrons. The Balaban J connectivity index is 2.16. The highest BCUT2D eigenvalue weighted by Gasteiger charge is 2.06. The van der Waals surface area contributed by atoms with E-state index in [4.69, 9.17) is 11.6 Å². The summed E-state index contributed by atoms with van der Waals surface area (Å²) in [6.45, 7) is 0.550. The number of ether oxygens (including phenoxy) is 1. The van der Waals surface area contributed by atoms with Crippen LogP contribution < -0.4 is 5.32 Å². The zero-order chi connectivity index (χ0) is 14.1. The number of amides is 1. The van der Waals surface area contributed by atoms with E-state index in [2.05, 4.69) is 15.0 Å². The van der Waals surface area contributed by atoms with Crippen molar-refractivity contribution >= 4 is 23.5 Å². The fraction of sp³-hybridized carbons (Fsp3) is 0.462. The van der Waals surface area contributed by atoms with Crippen molar-refractivity contribution in [2.24, 2.45) is 0 Å². The minimum Gasteiger partial charge on any atom is -0.469 e. The topological polar surface area (TPSA) is 68.3 Å². The summed E-state index contributed by atoms with van der Waals surface area (Å²) < 4.78 is 4.53. The van der Waals surface area contributed by atoms with Crippen LogP contribution >= 0.6 is 11.6 Å². The zero-order valence-corrected chi connectivity index (χ0v) is 11.6. The lowest BCUT2D eigenvalue weighted by Gasteiger charge is -2.04. The van der Waals surface area contributed by atoms with Gasteiger partial charge in [0.1, 0.15) is 10.8 Å². The van der Waals surface area contributed by atoms with Gasteiger partial charge in [0.05, 0.1) is 7.11 Å². The van der Waals surface area contributed by atoms with Crippen molar-refractivity contribution in [1.29, 1.82) is 0 Å². The summed E-state index contributed by atoms with van der Waals surface area (Å²) in [6, 6.07) is 4.91. The molecule has 0 spiro atoms. The molecule has 0 fully saturated rings. The molecule has 6 heteroatoms. The van der Waals surface area contributed by atoms with Crippen LogP contribution in [0.3, 0.4) is 0 Å². The van der Waals surface area contributed by atoms with Gasteiger partial charge in [-0.1, -0.05) is 24.1 Å². The number of aromatic nitrogens is 1. The molecule has 1 aromatic rings. The first-order valence-electron chi connectivity index (χ1n) is 6.11. The first-order valence-corrected chi connectivity index (χ1v) is 6.49. The normalized spacial score (nSPS) is 10.0. The molecule has 1 amide bonds. The van der Waals surface area contributed by atoms with Gasteiger partial charge in [-0.3, -0.25) is 9.59 Å². The monoisotopic (exact) mass is 284 g/mol. The minimum atomic E-state index is -0.240. The number of carbonyl (C=O) groups is 2. The van der Waals surface area contributed by atoms with Crippen LogP contribution in [0.15, 0.2) is 18.2 Å². The smallest absolute Gasteiger partial charge is 0.305 e. The quantitative estimate of drug-likeness (QED) is 0.473. The number of carbonyl (C=O) groups excluding carboxylic acids is 2. The molecule has 19 heavy (non-hydrogen) atoms. The largest absolute Gasteiger partial charge is 0.469 e. The predicted octanol–water partition coefficient (Wildman–Crippen LogP) is 2.20. The molecule has 0 bridgehead atoms. The Morgan fingerprint density at radius 3 is 2.79 bits per heavy atom. The second-order valence-electron chi connectivity index (χ2n) is 3.99. The number of pyridine rings is 1. The number of methoxy groups -OCH3 is 1. The standard InChI is InChI=1S/C13H17ClN2O3/c1-19-12(17)8-3-2-4-9-15-13(18)10-6-5-7-11(14)16-10/h5-7H,2-4,8-9H2,1H3,(H,15,18). The Hall–Kier alpha value is -1.62. The number of rotatable bonds is 7. The van der Waals surface area contributed by atoms with Crippen molar-refractivity contribution in [3.8, 4) is 0 Å². The van der Waals surface area contributed by atoms with E-state index in [-0.39, 0.29) is 11.9 Å². The Labute approximate surface area is 117 Å². The van der Waals surface area contributed by atoms with Gasteiger partial charge in [0.15, 0.2) is 0 Å². The molecule has 0 radical (unpaired) electrons. The van der Waals surface area contributed by atoms with Crippen LogP contribution in [0, 0.1) is 0 Å². The second-order valence-corrected chi connectivity index (χ2v) is 4.38. The van der Waals surface area contributed by atoms with Crippen LogP contribution in [0.4, 0.5) is 0 Å². The van der Waals surface area contributed by atoms with Gasteiger partial charge in [-0.05, 0) is 25.0 Å². The molecule has 1 N–H and O–H groups in total. The fourth-order valence-corrected chi connectivity index (χ4v) is 1.66. The van der Waals surface area contributed by atoms with Gasteiger partial charge in [-0.15, -0.1) is 0 Å². The number of nitrogens with one attached hydrogen (secondary N) is 1. The third kappa shape index (κ3) is 6.20. The molecular weight excluding hydrogens is 268 g/mol. The molecule has 0 unspecified atom stereocenters. The van der Waals surface area contributed by atoms with Crippen LogP contribution in [-0.4, -0.2) is 30.5 Å². The van der Waals surface area contributed by atoms with E-state index in [1.165, 1.54) is 7.11 Å². The molecule has 0 saturated heterocycles.